The van der Waals surface area contributed by atoms with E-state index in [0.717, 1.165) is 17.1 Å². The van der Waals surface area contributed by atoms with Gasteiger partial charge in [-0.05, 0) is 47.2 Å². The van der Waals surface area contributed by atoms with Crippen molar-refractivity contribution in [2.24, 2.45) is 0 Å². The number of ether oxygens (including phenoxy) is 2. The maximum absolute atomic E-state index is 10.6. The molecule has 0 bridgehead atoms. The Labute approximate surface area is 149 Å². The molecule has 0 saturated carbocycles. The van der Waals surface area contributed by atoms with Crippen LogP contribution in [-0.4, -0.2) is 24.3 Å². The van der Waals surface area contributed by atoms with Crippen LogP contribution in [0.15, 0.2) is 48.5 Å². The number of hydrogen-bond donors (Lipinski definition) is 1. The molecule has 0 unspecified atom stereocenters. The maximum atomic E-state index is 10.6. The normalized spacial score (nSPS) is 11.2. The highest BCUT2D eigenvalue weighted by Crippen LogP contribution is 2.24. The van der Waals surface area contributed by atoms with Crippen LogP contribution >= 0.6 is 0 Å². The van der Waals surface area contributed by atoms with Crippen LogP contribution in [0.3, 0.4) is 0 Å². The van der Waals surface area contributed by atoms with E-state index in [1.807, 2.05) is 36.4 Å². The Morgan fingerprint density at radius 2 is 1.60 bits per heavy atom. The third-order valence-corrected chi connectivity index (χ3v) is 3.87. The minimum atomic E-state index is -0.794. The third-order valence-electron chi connectivity index (χ3n) is 3.87. The van der Waals surface area contributed by atoms with Crippen LogP contribution in [0.2, 0.25) is 0 Å². The standard InChI is InChI=1S/C21H26O4/c1-21(2,3)17-8-10-18(11-9-17)24-13-14-25-19-6-4-5-16(15-19)7-12-20(22)23/h4-6,8-11,15H,7,12-14H2,1-3H3,(H,22,23). The highest BCUT2D eigenvalue weighted by molar-refractivity contribution is 5.67. The van der Waals surface area contributed by atoms with Crippen LogP contribution in [-0.2, 0) is 16.6 Å². The van der Waals surface area contributed by atoms with E-state index in [1.54, 1.807) is 0 Å². The molecule has 0 aliphatic carbocycles. The van der Waals surface area contributed by atoms with Crippen LogP contribution in [0, 0.1) is 0 Å². The first-order valence-electron chi connectivity index (χ1n) is 8.51. The molecule has 2 aromatic carbocycles. The van der Waals surface area contributed by atoms with E-state index < -0.39 is 5.97 Å². The quantitative estimate of drug-likeness (QED) is 0.720. The molecule has 4 heteroatoms. The average Bonchev–Trinajstić information content (AvgIpc) is 2.57. The topological polar surface area (TPSA) is 55.8 Å². The Hall–Kier alpha value is -2.49. The van der Waals surface area contributed by atoms with Gasteiger partial charge in [0.05, 0.1) is 0 Å². The minimum Gasteiger partial charge on any atom is -0.490 e. The number of aryl methyl sites for hydroxylation is 1. The Balaban J connectivity index is 1.77. The highest BCUT2D eigenvalue weighted by atomic mass is 16.5. The number of carbonyl (C=O) groups is 1. The van der Waals surface area contributed by atoms with Gasteiger partial charge in [0.1, 0.15) is 24.7 Å². The van der Waals surface area contributed by atoms with E-state index in [2.05, 4.69) is 32.9 Å². The first-order chi connectivity index (χ1) is 11.8. The van der Waals surface area contributed by atoms with E-state index in [1.165, 1.54) is 5.56 Å². The Kier molecular flexibility index (Phi) is 6.45. The van der Waals surface area contributed by atoms with Gasteiger partial charge in [-0.1, -0.05) is 45.0 Å². The van der Waals surface area contributed by atoms with E-state index in [9.17, 15) is 4.79 Å². The monoisotopic (exact) mass is 342 g/mol. The van der Waals surface area contributed by atoms with E-state index in [0.29, 0.717) is 19.6 Å². The fourth-order valence-electron chi connectivity index (χ4n) is 2.41. The van der Waals surface area contributed by atoms with Gasteiger partial charge in [0.25, 0.3) is 0 Å². The van der Waals surface area contributed by atoms with Crippen molar-refractivity contribution in [3.05, 3.63) is 59.7 Å². The molecule has 134 valence electrons. The molecule has 0 fully saturated rings. The van der Waals surface area contributed by atoms with E-state index in [-0.39, 0.29) is 11.8 Å². The molecule has 0 heterocycles. The SMILES string of the molecule is CC(C)(C)c1ccc(OCCOc2cccc(CCC(=O)O)c2)cc1. The zero-order valence-electron chi connectivity index (χ0n) is 15.1. The molecule has 0 saturated heterocycles. The summed E-state index contributed by atoms with van der Waals surface area (Å²) in [4.78, 5) is 10.6. The largest absolute Gasteiger partial charge is 0.490 e. The third kappa shape index (κ3) is 6.49. The fraction of sp³-hybridized carbons (Fsp3) is 0.381. The molecule has 1 N–H and O–H groups in total. The van der Waals surface area contributed by atoms with Crippen LogP contribution in [0.4, 0.5) is 0 Å². The highest BCUT2D eigenvalue weighted by Gasteiger charge is 2.12. The molecule has 0 radical (unpaired) electrons. The van der Waals surface area contributed by atoms with Gasteiger partial charge in [-0.2, -0.15) is 0 Å². The summed E-state index contributed by atoms with van der Waals surface area (Å²) in [5.74, 6) is 0.763. The molecule has 0 aliphatic rings. The lowest BCUT2D eigenvalue weighted by Crippen LogP contribution is -2.11. The lowest BCUT2D eigenvalue weighted by Gasteiger charge is -2.19. The molecular formula is C21H26O4. The lowest BCUT2D eigenvalue weighted by molar-refractivity contribution is -0.136. The first-order valence-corrected chi connectivity index (χ1v) is 8.51. The number of carboxylic acids is 1. The smallest absolute Gasteiger partial charge is 0.303 e. The summed E-state index contributed by atoms with van der Waals surface area (Å²) >= 11 is 0. The molecule has 2 rings (SSSR count). The molecule has 25 heavy (non-hydrogen) atoms. The second-order valence-corrected chi connectivity index (χ2v) is 7.01. The van der Waals surface area contributed by atoms with Crippen LogP contribution in [0.5, 0.6) is 11.5 Å². The van der Waals surface area contributed by atoms with Gasteiger partial charge in [-0.15, -0.1) is 0 Å². The summed E-state index contributed by atoms with van der Waals surface area (Å²) in [5.41, 5.74) is 2.36. The van der Waals surface area contributed by atoms with Crippen molar-refractivity contribution >= 4 is 5.97 Å². The van der Waals surface area contributed by atoms with Gasteiger partial charge in [0.15, 0.2) is 0 Å². The van der Waals surface area contributed by atoms with Gasteiger partial charge in [-0.3, -0.25) is 4.79 Å². The van der Waals surface area contributed by atoms with Gasteiger partial charge in [-0.25, -0.2) is 0 Å². The molecular weight excluding hydrogens is 316 g/mol. The summed E-state index contributed by atoms with van der Waals surface area (Å²) in [6, 6.07) is 15.6. The Morgan fingerprint density at radius 1 is 0.960 bits per heavy atom. The van der Waals surface area contributed by atoms with Crippen molar-refractivity contribution in [2.45, 2.75) is 39.0 Å². The Morgan fingerprint density at radius 3 is 2.20 bits per heavy atom. The van der Waals surface area contributed by atoms with Crippen molar-refractivity contribution in [3.8, 4) is 11.5 Å². The van der Waals surface area contributed by atoms with Crippen LogP contribution in [0.1, 0.15) is 38.3 Å². The van der Waals surface area contributed by atoms with Crippen LogP contribution < -0.4 is 9.47 Å². The number of hydrogen-bond acceptors (Lipinski definition) is 3. The molecule has 0 atom stereocenters. The van der Waals surface area contributed by atoms with Gasteiger partial charge in [0.2, 0.25) is 0 Å². The lowest BCUT2D eigenvalue weighted by atomic mass is 9.87. The zero-order valence-corrected chi connectivity index (χ0v) is 15.1. The summed E-state index contributed by atoms with van der Waals surface area (Å²) in [5, 5.41) is 8.74. The summed E-state index contributed by atoms with van der Waals surface area (Å²) in [7, 11) is 0. The number of rotatable bonds is 8. The molecule has 0 amide bonds. The first kappa shape index (κ1) is 18.8. The van der Waals surface area contributed by atoms with Crippen LogP contribution in [0.25, 0.3) is 0 Å². The predicted octanol–water partition coefficient (Wildman–Crippen LogP) is 4.46. The second-order valence-electron chi connectivity index (χ2n) is 7.01. The molecule has 0 spiro atoms. The van der Waals surface area contributed by atoms with E-state index in [4.69, 9.17) is 14.6 Å². The maximum Gasteiger partial charge on any atom is 0.303 e. The summed E-state index contributed by atoms with van der Waals surface area (Å²) in [6.07, 6.45) is 0.625. The second kappa shape index (κ2) is 8.56. The van der Waals surface area contributed by atoms with Crippen molar-refractivity contribution in [2.75, 3.05) is 13.2 Å². The van der Waals surface area contributed by atoms with E-state index >= 15 is 0 Å². The van der Waals surface area contributed by atoms with Gasteiger partial charge in [0, 0.05) is 6.42 Å². The van der Waals surface area contributed by atoms with Gasteiger partial charge < -0.3 is 14.6 Å². The van der Waals surface area contributed by atoms with Crippen molar-refractivity contribution in [1.29, 1.82) is 0 Å². The number of aliphatic carboxylic acids is 1. The van der Waals surface area contributed by atoms with Crippen molar-refractivity contribution in [1.82, 2.24) is 0 Å². The number of carboxylic acid groups (broad SMARTS) is 1. The van der Waals surface area contributed by atoms with Crippen molar-refractivity contribution in [3.63, 3.8) is 0 Å². The Bertz CT molecular complexity index is 684. The summed E-state index contributed by atoms with van der Waals surface area (Å²) < 4.78 is 11.4. The average molecular weight is 342 g/mol. The minimum absolute atomic E-state index is 0.122. The fourth-order valence-corrected chi connectivity index (χ4v) is 2.41. The zero-order chi connectivity index (χ0) is 18.3. The van der Waals surface area contributed by atoms with Crippen molar-refractivity contribution < 1.29 is 19.4 Å². The molecule has 2 aromatic rings. The number of benzene rings is 2. The molecule has 0 aliphatic heterocycles. The molecule has 4 nitrogen and oxygen atoms in total. The molecule has 0 aromatic heterocycles. The predicted molar refractivity (Wildman–Crippen MR) is 98.5 cm³/mol. The summed E-state index contributed by atoms with van der Waals surface area (Å²) in [6.45, 7) is 7.43. The van der Waals surface area contributed by atoms with Gasteiger partial charge >= 0.3 is 5.97 Å².